The van der Waals surface area contributed by atoms with Crippen molar-refractivity contribution in [2.24, 2.45) is 5.92 Å². The normalized spacial score (nSPS) is 20.2. The fraction of sp³-hybridized carbons (Fsp3) is 0.524. The molecule has 2 rings (SSSR count). The van der Waals surface area contributed by atoms with Crippen LogP contribution in [0.4, 0.5) is 0 Å². The zero-order chi connectivity index (χ0) is 18.8. The Morgan fingerprint density at radius 3 is 2.42 bits per heavy atom. The fourth-order valence-corrected chi connectivity index (χ4v) is 3.08. The highest BCUT2D eigenvalue weighted by Gasteiger charge is 2.28. The molecular weight excluding hydrogens is 332 g/mol. The average Bonchev–Trinajstić information content (AvgIpc) is 2.65. The number of carbonyl (C=O) groups excluding carboxylic acids is 1. The molecule has 26 heavy (non-hydrogen) atoms. The molecule has 0 spiro atoms. The first kappa shape index (κ1) is 20.2. The Bertz CT molecular complexity index is 597. The lowest BCUT2D eigenvalue weighted by Gasteiger charge is -2.27. The first-order valence-corrected chi connectivity index (χ1v) is 9.43. The molecule has 0 unspecified atom stereocenters. The molecule has 0 atom stereocenters. The summed E-state index contributed by atoms with van der Waals surface area (Å²) in [4.78, 5) is 22.8. The van der Waals surface area contributed by atoms with E-state index in [0.29, 0.717) is 5.75 Å². The van der Waals surface area contributed by atoms with Crippen molar-refractivity contribution in [1.29, 1.82) is 0 Å². The third-order valence-electron chi connectivity index (χ3n) is 4.63. The number of carboxylic acid groups (broad SMARTS) is 1. The van der Waals surface area contributed by atoms with Crippen LogP contribution in [0.1, 0.15) is 57.4 Å². The smallest absolute Gasteiger partial charge is 0.328 e. The molecule has 1 N–H and O–H groups in total. The first-order chi connectivity index (χ1) is 12.6. The minimum absolute atomic E-state index is 0.0722. The molecule has 0 amide bonds. The van der Waals surface area contributed by atoms with Crippen LogP contribution in [0.15, 0.2) is 30.3 Å². The van der Waals surface area contributed by atoms with E-state index in [9.17, 15) is 9.59 Å². The quantitative estimate of drug-likeness (QED) is 0.305. The summed E-state index contributed by atoms with van der Waals surface area (Å²) >= 11 is 0. The molecule has 1 aliphatic rings. The Kier molecular flexibility index (Phi) is 8.35. The van der Waals surface area contributed by atoms with Gasteiger partial charge in [0.25, 0.3) is 0 Å². The van der Waals surface area contributed by atoms with Gasteiger partial charge in [0.05, 0.1) is 12.0 Å². The largest absolute Gasteiger partial charge is 0.478 e. The predicted molar refractivity (Wildman–Crippen MR) is 100.0 cm³/mol. The molecule has 0 aliphatic heterocycles. The van der Waals surface area contributed by atoms with Crippen LogP contribution < -0.4 is 4.74 Å². The standard InChI is InChI=1S/C21H28O5/c1-2-3-4-15-25-18-12-8-17(9-13-18)21(24)26-19-10-5-16(6-11-19)7-14-20(22)23/h5-7,10-11,14,17-18H,2-4,8-9,12-13,15H2,1H3,(H,22,23). The predicted octanol–water partition coefficient (Wildman–Crippen LogP) is 4.46. The number of unbranched alkanes of at least 4 members (excludes halogenated alkanes) is 2. The highest BCUT2D eigenvalue weighted by atomic mass is 16.5. The van der Waals surface area contributed by atoms with E-state index in [-0.39, 0.29) is 18.0 Å². The molecule has 5 nitrogen and oxygen atoms in total. The van der Waals surface area contributed by atoms with Gasteiger partial charge in [-0.1, -0.05) is 31.9 Å². The van der Waals surface area contributed by atoms with Gasteiger partial charge in [-0.25, -0.2) is 4.79 Å². The van der Waals surface area contributed by atoms with E-state index in [2.05, 4.69) is 6.92 Å². The van der Waals surface area contributed by atoms with Crippen molar-refractivity contribution in [2.75, 3.05) is 6.61 Å². The molecule has 1 aromatic rings. The summed E-state index contributed by atoms with van der Waals surface area (Å²) in [5, 5.41) is 8.62. The molecule has 1 aromatic carbocycles. The van der Waals surface area contributed by atoms with Crippen molar-refractivity contribution in [3.63, 3.8) is 0 Å². The molecule has 0 saturated heterocycles. The third kappa shape index (κ3) is 7.00. The SMILES string of the molecule is CCCCCOC1CCC(C(=O)Oc2ccc(C=CC(=O)O)cc2)CC1. The summed E-state index contributed by atoms with van der Waals surface area (Å²) in [5.74, 6) is -0.772. The molecule has 0 heterocycles. The summed E-state index contributed by atoms with van der Waals surface area (Å²) < 4.78 is 11.3. The number of rotatable bonds is 9. The Morgan fingerprint density at radius 1 is 1.12 bits per heavy atom. The number of carbonyl (C=O) groups is 2. The van der Waals surface area contributed by atoms with Gasteiger partial charge >= 0.3 is 11.9 Å². The topological polar surface area (TPSA) is 72.8 Å². The van der Waals surface area contributed by atoms with E-state index in [1.807, 2.05) is 0 Å². The molecule has 5 heteroatoms. The maximum absolute atomic E-state index is 12.3. The Morgan fingerprint density at radius 2 is 1.81 bits per heavy atom. The van der Waals surface area contributed by atoms with Gasteiger partial charge in [-0.05, 0) is 55.9 Å². The summed E-state index contributed by atoms with van der Waals surface area (Å²) in [5.41, 5.74) is 0.743. The van der Waals surface area contributed by atoms with Crippen LogP contribution in [-0.4, -0.2) is 29.8 Å². The van der Waals surface area contributed by atoms with Gasteiger partial charge in [-0.15, -0.1) is 0 Å². The molecule has 142 valence electrons. The van der Waals surface area contributed by atoms with Crippen LogP contribution in [0.5, 0.6) is 5.75 Å². The fourth-order valence-electron chi connectivity index (χ4n) is 3.08. The molecule has 0 bridgehead atoms. The number of esters is 1. The van der Waals surface area contributed by atoms with Gasteiger partial charge in [0.1, 0.15) is 5.75 Å². The second-order valence-electron chi connectivity index (χ2n) is 6.71. The van der Waals surface area contributed by atoms with Crippen molar-refractivity contribution < 1.29 is 24.2 Å². The number of benzene rings is 1. The number of hydrogen-bond donors (Lipinski definition) is 1. The van der Waals surface area contributed by atoms with E-state index in [1.54, 1.807) is 24.3 Å². The monoisotopic (exact) mass is 360 g/mol. The number of aliphatic carboxylic acids is 1. The van der Waals surface area contributed by atoms with Gasteiger partial charge in [-0.2, -0.15) is 0 Å². The summed E-state index contributed by atoms with van der Waals surface area (Å²) in [6.07, 6.45) is 9.76. The lowest BCUT2D eigenvalue weighted by molar-refractivity contribution is -0.141. The van der Waals surface area contributed by atoms with Gasteiger partial charge in [0.15, 0.2) is 0 Å². The van der Waals surface area contributed by atoms with Crippen molar-refractivity contribution in [3.05, 3.63) is 35.9 Å². The van der Waals surface area contributed by atoms with Crippen LogP contribution in [0, 0.1) is 5.92 Å². The van der Waals surface area contributed by atoms with Crippen LogP contribution in [-0.2, 0) is 14.3 Å². The molecule has 0 aromatic heterocycles. The third-order valence-corrected chi connectivity index (χ3v) is 4.63. The second-order valence-corrected chi connectivity index (χ2v) is 6.71. The zero-order valence-electron chi connectivity index (χ0n) is 15.4. The zero-order valence-corrected chi connectivity index (χ0v) is 15.4. The van der Waals surface area contributed by atoms with Gasteiger partial charge < -0.3 is 14.6 Å². The van der Waals surface area contributed by atoms with E-state index in [1.165, 1.54) is 18.9 Å². The van der Waals surface area contributed by atoms with Crippen molar-refractivity contribution in [1.82, 2.24) is 0 Å². The van der Waals surface area contributed by atoms with E-state index in [0.717, 1.165) is 50.4 Å². The summed E-state index contributed by atoms with van der Waals surface area (Å²) in [6, 6.07) is 6.82. The van der Waals surface area contributed by atoms with Crippen LogP contribution in [0.25, 0.3) is 6.08 Å². The molecular formula is C21H28O5. The molecule has 0 radical (unpaired) electrons. The maximum atomic E-state index is 12.3. The summed E-state index contributed by atoms with van der Waals surface area (Å²) in [7, 11) is 0. The van der Waals surface area contributed by atoms with Gasteiger partial charge in [0, 0.05) is 12.7 Å². The minimum atomic E-state index is -0.995. The van der Waals surface area contributed by atoms with E-state index in [4.69, 9.17) is 14.6 Å². The lowest BCUT2D eigenvalue weighted by atomic mass is 9.87. The van der Waals surface area contributed by atoms with Gasteiger partial charge in [-0.3, -0.25) is 4.79 Å². The van der Waals surface area contributed by atoms with Crippen molar-refractivity contribution >= 4 is 18.0 Å². The Balaban J connectivity index is 1.74. The second kappa shape index (κ2) is 10.8. The lowest BCUT2D eigenvalue weighted by Crippen LogP contribution is -2.29. The van der Waals surface area contributed by atoms with Crippen molar-refractivity contribution in [3.8, 4) is 5.75 Å². The molecule has 1 saturated carbocycles. The average molecular weight is 360 g/mol. The van der Waals surface area contributed by atoms with Crippen LogP contribution >= 0.6 is 0 Å². The number of carboxylic acids is 1. The number of hydrogen-bond acceptors (Lipinski definition) is 4. The van der Waals surface area contributed by atoms with Crippen LogP contribution in [0.2, 0.25) is 0 Å². The summed E-state index contributed by atoms with van der Waals surface area (Å²) in [6.45, 7) is 2.99. The highest BCUT2D eigenvalue weighted by Crippen LogP contribution is 2.28. The van der Waals surface area contributed by atoms with Gasteiger partial charge in [0.2, 0.25) is 0 Å². The molecule has 1 fully saturated rings. The Labute approximate surface area is 155 Å². The molecule has 1 aliphatic carbocycles. The first-order valence-electron chi connectivity index (χ1n) is 9.43. The highest BCUT2D eigenvalue weighted by molar-refractivity contribution is 5.85. The van der Waals surface area contributed by atoms with E-state index < -0.39 is 5.97 Å². The Hall–Kier alpha value is -2.14. The van der Waals surface area contributed by atoms with Crippen molar-refractivity contribution in [2.45, 2.75) is 58.0 Å². The minimum Gasteiger partial charge on any atom is -0.478 e. The number of ether oxygens (including phenoxy) is 2. The van der Waals surface area contributed by atoms with Crippen LogP contribution in [0.3, 0.4) is 0 Å². The maximum Gasteiger partial charge on any atom is 0.328 e. The van der Waals surface area contributed by atoms with E-state index >= 15 is 0 Å².